The quantitative estimate of drug-likeness (QED) is 0.321. The molecule has 0 aliphatic rings. The van der Waals surface area contributed by atoms with Crippen LogP contribution in [0.25, 0.3) is 0 Å². The van der Waals surface area contributed by atoms with Crippen molar-refractivity contribution in [3.8, 4) is 5.75 Å². The van der Waals surface area contributed by atoms with E-state index in [1.165, 1.54) is 24.4 Å². The maximum atomic E-state index is 12.5. The first kappa shape index (κ1) is 20.8. The van der Waals surface area contributed by atoms with Crippen LogP contribution in [0.1, 0.15) is 11.1 Å². The van der Waals surface area contributed by atoms with Crippen LogP contribution in [-0.4, -0.2) is 20.5 Å². The van der Waals surface area contributed by atoms with E-state index in [9.17, 15) is 13.2 Å². The number of hydrogen-bond acceptors (Lipinski definition) is 5. The van der Waals surface area contributed by atoms with Gasteiger partial charge >= 0.3 is 10.1 Å². The Morgan fingerprint density at radius 1 is 1.00 bits per heavy atom. The molecule has 8 heteroatoms. The maximum Gasteiger partial charge on any atom is 0.339 e. The van der Waals surface area contributed by atoms with E-state index in [-0.39, 0.29) is 23.0 Å². The van der Waals surface area contributed by atoms with E-state index < -0.39 is 10.1 Å². The Morgan fingerprint density at radius 2 is 1.72 bits per heavy atom. The summed E-state index contributed by atoms with van der Waals surface area (Å²) in [6.45, 7) is 0. The number of halogens is 1. The van der Waals surface area contributed by atoms with Crippen molar-refractivity contribution in [2.45, 2.75) is 11.3 Å². The lowest BCUT2D eigenvalue weighted by Gasteiger charge is -2.09. The summed E-state index contributed by atoms with van der Waals surface area (Å²) >= 11 is 3.24. The number of amides is 1. The Kier molecular flexibility index (Phi) is 6.79. The van der Waals surface area contributed by atoms with Gasteiger partial charge in [-0.15, -0.1) is 0 Å². The third kappa shape index (κ3) is 6.00. The van der Waals surface area contributed by atoms with Gasteiger partial charge in [-0.2, -0.15) is 13.5 Å². The van der Waals surface area contributed by atoms with Crippen LogP contribution >= 0.6 is 15.9 Å². The van der Waals surface area contributed by atoms with Gasteiger partial charge in [-0.3, -0.25) is 4.79 Å². The molecular weight excluding hydrogens is 456 g/mol. The molecule has 0 atom stereocenters. The molecule has 3 aromatic carbocycles. The van der Waals surface area contributed by atoms with Crippen LogP contribution in [0.3, 0.4) is 0 Å². The fourth-order valence-electron chi connectivity index (χ4n) is 2.45. The summed E-state index contributed by atoms with van der Waals surface area (Å²) in [6.07, 6.45) is 1.53. The number of nitrogens with zero attached hydrogens (tertiary/aromatic N) is 1. The molecule has 0 heterocycles. The molecule has 0 radical (unpaired) electrons. The molecule has 0 bridgehead atoms. The Balaban J connectivity index is 1.70. The minimum absolute atomic E-state index is 0.0229. The van der Waals surface area contributed by atoms with Crippen molar-refractivity contribution in [1.29, 1.82) is 0 Å². The predicted molar refractivity (Wildman–Crippen MR) is 114 cm³/mol. The molecule has 6 nitrogen and oxygen atoms in total. The van der Waals surface area contributed by atoms with Gasteiger partial charge in [0.05, 0.1) is 12.6 Å². The van der Waals surface area contributed by atoms with Crippen LogP contribution in [0.4, 0.5) is 0 Å². The number of rotatable bonds is 7. The number of para-hydroxylation sites is 1. The highest BCUT2D eigenvalue weighted by Crippen LogP contribution is 2.23. The van der Waals surface area contributed by atoms with Gasteiger partial charge in [-0.05, 0) is 35.9 Å². The number of hydrazone groups is 1. The van der Waals surface area contributed by atoms with Gasteiger partial charge in [0.25, 0.3) is 0 Å². The molecule has 148 valence electrons. The molecule has 0 fully saturated rings. The summed E-state index contributed by atoms with van der Waals surface area (Å²) in [5, 5.41) is 3.91. The summed E-state index contributed by atoms with van der Waals surface area (Å²) < 4.78 is 31.0. The van der Waals surface area contributed by atoms with Crippen molar-refractivity contribution in [1.82, 2.24) is 5.43 Å². The molecule has 3 rings (SSSR count). The van der Waals surface area contributed by atoms with Crippen molar-refractivity contribution < 1.29 is 17.4 Å². The fraction of sp³-hybridized carbons (Fsp3) is 0.0476. The molecule has 1 N–H and O–H groups in total. The van der Waals surface area contributed by atoms with E-state index in [1.807, 2.05) is 30.3 Å². The molecule has 0 saturated carbocycles. The second-order valence-corrected chi connectivity index (χ2v) is 8.45. The van der Waals surface area contributed by atoms with Crippen molar-refractivity contribution in [3.05, 3.63) is 94.5 Å². The van der Waals surface area contributed by atoms with Gasteiger partial charge in [0.1, 0.15) is 4.90 Å². The average Bonchev–Trinajstić information content (AvgIpc) is 2.70. The van der Waals surface area contributed by atoms with Crippen molar-refractivity contribution >= 4 is 38.2 Å². The average molecular weight is 473 g/mol. The summed E-state index contributed by atoms with van der Waals surface area (Å²) in [7, 11) is -4.02. The molecule has 0 spiro atoms. The number of carbonyl (C=O) groups is 1. The van der Waals surface area contributed by atoms with Crippen molar-refractivity contribution in [2.24, 2.45) is 5.10 Å². The van der Waals surface area contributed by atoms with Crippen LogP contribution in [0.15, 0.2) is 93.3 Å². The third-order valence-electron chi connectivity index (χ3n) is 3.80. The molecule has 3 aromatic rings. The smallest absolute Gasteiger partial charge is 0.339 e. The Hall–Kier alpha value is -2.97. The van der Waals surface area contributed by atoms with Crippen LogP contribution in [0.5, 0.6) is 5.75 Å². The highest BCUT2D eigenvalue weighted by Gasteiger charge is 2.18. The van der Waals surface area contributed by atoms with E-state index >= 15 is 0 Å². The van der Waals surface area contributed by atoms with E-state index in [0.717, 1.165) is 5.56 Å². The van der Waals surface area contributed by atoms with Gasteiger partial charge < -0.3 is 4.18 Å². The van der Waals surface area contributed by atoms with Crippen molar-refractivity contribution in [2.75, 3.05) is 0 Å². The van der Waals surface area contributed by atoms with Crippen molar-refractivity contribution in [3.63, 3.8) is 0 Å². The van der Waals surface area contributed by atoms with E-state index in [2.05, 4.69) is 26.5 Å². The lowest BCUT2D eigenvalue weighted by atomic mass is 10.1. The Morgan fingerprint density at radius 3 is 2.48 bits per heavy atom. The Bertz CT molecular complexity index is 1130. The number of carbonyl (C=O) groups excluding carboxylic acids is 1. The number of hydrogen-bond donors (Lipinski definition) is 1. The SMILES string of the molecule is O=C(Cc1ccccc1)N/N=C/c1ccccc1OS(=O)(=O)c1cccc(Br)c1. The first-order valence-corrected chi connectivity index (χ1v) is 10.8. The van der Waals surface area contributed by atoms with Crippen LogP contribution in [0.2, 0.25) is 0 Å². The highest BCUT2D eigenvalue weighted by atomic mass is 79.9. The Labute approximate surface area is 177 Å². The first-order chi connectivity index (χ1) is 13.9. The van der Waals surface area contributed by atoms with E-state index in [1.54, 1.807) is 30.3 Å². The summed E-state index contributed by atoms with van der Waals surface area (Å²) in [6, 6.07) is 22.0. The van der Waals surface area contributed by atoms with E-state index in [4.69, 9.17) is 4.18 Å². The molecule has 1 amide bonds. The van der Waals surface area contributed by atoms with Crippen LogP contribution in [-0.2, 0) is 21.3 Å². The largest absolute Gasteiger partial charge is 0.378 e. The molecular formula is C21H17BrN2O4S. The van der Waals surface area contributed by atoms with Crippen LogP contribution in [0, 0.1) is 0 Å². The van der Waals surface area contributed by atoms with Gasteiger partial charge in [-0.25, -0.2) is 5.43 Å². The zero-order valence-corrected chi connectivity index (χ0v) is 17.6. The molecule has 0 aliphatic heterocycles. The number of benzene rings is 3. The standard InChI is InChI=1S/C21H17BrN2O4S/c22-18-10-6-11-19(14-18)29(26,27)28-20-12-5-4-9-17(20)15-23-24-21(25)13-16-7-2-1-3-8-16/h1-12,14-15H,13H2,(H,24,25)/b23-15+. The molecule has 29 heavy (non-hydrogen) atoms. The van der Waals surface area contributed by atoms with Gasteiger partial charge in [0.15, 0.2) is 5.75 Å². The van der Waals surface area contributed by atoms with Gasteiger partial charge in [0.2, 0.25) is 5.91 Å². The second-order valence-electron chi connectivity index (χ2n) is 5.99. The highest BCUT2D eigenvalue weighted by molar-refractivity contribution is 9.10. The summed E-state index contributed by atoms with van der Waals surface area (Å²) in [5.41, 5.74) is 3.70. The van der Waals surface area contributed by atoms with E-state index in [0.29, 0.717) is 10.0 Å². The number of nitrogens with one attached hydrogen (secondary N) is 1. The zero-order valence-electron chi connectivity index (χ0n) is 15.2. The topological polar surface area (TPSA) is 84.8 Å². The normalized spacial score (nSPS) is 11.3. The molecule has 0 saturated heterocycles. The lowest BCUT2D eigenvalue weighted by molar-refractivity contribution is -0.120. The monoisotopic (exact) mass is 472 g/mol. The first-order valence-electron chi connectivity index (χ1n) is 8.59. The zero-order chi connectivity index (χ0) is 20.7. The van der Waals surface area contributed by atoms with Gasteiger partial charge in [-0.1, -0.05) is 64.5 Å². The van der Waals surface area contributed by atoms with Crippen LogP contribution < -0.4 is 9.61 Å². The van der Waals surface area contributed by atoms with Gasteiger partial charge in [0, 0.05) is 10.0 Å². The summed E-state index contributed by atoms with van der Waals surface area (Å²) in [4.78, 5) is 12.0. The maximum absolute atomic E-state index is 12.5. The predicted octanol–water partition coefficient (Wildman–Crippen LogP) is 3.91. The minimum atomic E-state index is -4.02. The second kappa shape index (κ2) is 9.49. The fourth-order valence-corrected chi connectivity index (χ4v) is 4.00. The molecule has 0 unspecified atom stereocenters. The molecule has 0 aliphatic carbocycles. The third-order valence-corrected chi connectivity index (χ3v) is 5.53. The summed E-state index contributed by atoms with van der Waals surface area (Å²) in [5.74, 6) is -0.179. The minimum Gasteiger partial charge on any atom is -0.378 e. The lowest BCUT2D eigenvalue weighted by Crippen LogP contribution is -2.19. The molecule has 0 aromatic heterocycles.